The van der Waals surface area contributed by atoms with Gasteiger partial charge in [0.05, 0.1) is 27.2 Å². The second-order valence-electron chi connectivity index (χ2n) is 2.72. The van der Waals surface area contributed by atoms with Crippen LogP contribution in [0.2, 0.25) is 0 Å². The van der Waals surface area contributed by atoms with Crippen molar-refractivity contribution in [1.29, 1.82) is 0 Å². The van der Waals surface area contributed by atoms with E-state index in [2.05, 4.69) is 40.8 Å². The Balaban J connectivity index is -0.000000196. The Labute approximate surface area is 77.4 Å². The van der Waals surface area contributed by atoms with Gasteiger partial charge in [0.2, 0.25) is 0 Å². The zero-order valence-electron chi connectivity index (χ0n) is 7.94. The lowest BCUT2D eigenvalue weighted by atomic mass is 10.4. The lowest BCUT2D eigenvalue weighted by molar-refractivity contribution is -0.882. The van der Waals surface area contributed by atoms with Gasteiger partial charge in [0.15, 0.2) is 0 Å². The molecule has 68 valence electrons. The predicted molar refractivity (Wildman–Crippen MR) is 49.0 cm³/mol. The smallest absolute Gasteiger partial charge is 0.0966 e. The van der Waals surface area contributed by atoms with E-state index in [-0.39, 0.29) is 12.4 Å². The van der Waals surface area contributed by atoms with Crippen molar-refractivity contribution in [2.45, 2.75) is 6.92 Å². The summed E-state index contributed by atoms with van der Waals surface area (Å²) >= 11 is 0. The third kappa shape index (κ3) is 12.8. The highest BCUT2D eigenvalue weighted by atomic mass is 35.5. The SMILES string of the molecule is C=C.C=CC[N+](C)(C)CC.[Cl-]. The zero-order chi connectivity index (χ0) is 8.62. The van der Waals surface area contributed by atoms with Gasteiger partial charge in [-0.15, -0.1) is 13.2 Å². The summed E-state index contributed by atoms with van der Waals surface area (Å²) in [5, 5.41) is 0. The second-order valence-corrected chi connectivity index (χ2v) is 2.72. The molecular weight excluding hydrogens is 158 g/mol. The van der Waals surface area contributed by atoms with E-state index < -0.39 is 0 Å². The van der Waals surface area contributed by atoms with Gasteiger partial charge in [0.1, 0.15) is 0 Å². The average Bonchev–Trinajstić information content (AvgIpc) is 1.93. The number of likely N-dealkylation sites (N-methyl/N-ethyl adjacent to an activating group) is 1. The molecule has 1 nitrogen and oxygen atoms in total. The molecule has 0 saturated heterocycles. The van der Waals surface area contributed by atoms with Crippen molar-refractivity contribution < 1.29 is 16.9 Å². The van der Waals surface area contributed by atoms with Gasteiger partial charge in [-0.25, -0.2) is 0 Å². The highest BCUT2D eigenvalue weighted by Gasteiger charge is 2.06. The van der Waals surface area contributed by atoms with E-state index in [4.69, 9.17) is 0 Å². The van der Waals surface area contributed by atoms with Gasteiger partial charge in [0.25, 0.3) is 0 Å². The molecule has 0 amide bonds. The molecule has 0 fully saturated rings. The van der Waals surface area contributed by atoms with Crippen LogP contribution in [0.1, 0.15) is 6.92 Å². The summed E-state index contributed by atoms with van der Waals surface area (Å²) in [5.74, 6) is 0. The van der Waals surface area contributed by atoms with Crippen molar-refractivity contribution in [3.8, 4) is 0 Å². The third-order valence-electron chi connectivity index (χ3n) is 1.48. The fourth-order valence-electron chi connectivity index (χ4n) is 0.479. The Hall–Kier alpha value is -0.270. The number of hydrogen-bond acceptors (Lipinski definition) is 0. The molecule has 0 aliphatic rings. The first kappa shape index (κ1) is 17.0. The van der Waals surface area contributed by atoms with Crippen molar-refractivity contribution in [3.05, 3.63) is 25.8 Å². The molecule has 0 saturated carbocycles. The topological polar surface area (TPSA) is 0 Å². The van der Waals surface area contributed by atoms with E-state index in [1.54, 1.807) is 0 Å². The Morgan fingerprint density at radius 3 is 1.73 bits per heavy atom. The van der Waals surface area contributed by atoms with Crippen molar-refractivity contribution in [2.75, 3.05) is 27.2 Å². The van der Waals surface area contributed by atoms with Gasteiger partial charge in [-0.05, 0) is 13.0 Å². The fraction of sp³-hybridized carbons (Fsp3) is 0.556. The van der Waals surface area contributed by atoms with Crippen LogP contribution in [0.3, 0.4) is 0 Å². The number of nitrogens with zero attached hydrogens (tertiary/aromatic N) is 1. The fourth-order valence-corrected chi connectivity index (χ4v) is 0.479. The molecule has 0 aromatic heterocycles. The number of hydrogen-bond donors (Lipinski definition) is 0. The molecular formula is C9H20ClN. The van der Waals surface area contributed by atoms with E-state index in [1.165, 1.54) is 6.54 Å². The standard InChI is InChI=1S/C7H16N.C2H4.ClH/c1-5-7-8(3,4)6-2;1-2;/h5H,1,6-7H2,2-4H3;1-2H2;1H/q+1;;/p-1. The van der Waals surface area contributed by atoms with E-state index in [9.17, 15) is 0 Å². The van der Waals surface area contributed by atoms with Gasteiger partial charge < -0.3 is 16.9 Å². The first-order valence-corrected chi connectivity index (χ1v) is 3.55. The lowest BCUT2D eigenvalue weighted by Crippen LogP contribution is -3.00. The third-order valence-corrected chi connectivity index (χ3v) is 1.48. The Morgan fingerprint density at radius 1 is 1.27 bits per heavy atom. The Morgan fingerprint density at radius 2 is 1.64 bits per heavy atom. The van der Waals surface area contributed by atoms with Crippen LogP contribution < -0.4 is 12.4 Å². The highest BCUT2D eigenvalue weighted by molar-refractivity contribution is 4.63. The largest absolute Gasteiger partial charge is 1.00 e. The minimum absolute atomic E-state index is 0. The Bertz CT molecular complexity index is 89.6. The van der Waals surface area contributed by atoms with E-state index in [0.717, 1.165) is 11.0 Å². The van der Waals surface area contributed by atoms with Gasteiger partial charge in [-0.2, -0.15) is 0 Å². The first-order chi connectivity index (χ1) is 4.62. The van der Waals surface area contributed by atoms with Crippen molar-refractivity contribution in [2.24, 2.45) is 0 Å². The summed E-state index contributed by atoms with van der Waals surface area (Å²) in [4.78, 5) is 0. The van der Waals surface area contributed by atoms with Crippen molar-refractivity contribution in [1.82, 2.24) is 0 Å². The van der Waals surface area contributed by atoms with Gasteiger partial charge in [0, 0.05) is 0 Å². The van der Waals surface area contributed by atoms with Crippen LogP contribution >= 0.6 is 0 Å². The maximum Gasteiger partial charge on any atom is 0.0966 e. The molecule has 0 radical (unpaired) electrons. The second kappa shape index (κ2) is 9.73. The molecule has 0 heterocycles. The molecule has 0 aliphatic carbocycles. The summed E-state index contributed by atoms with van der Waals surface area (Å²) < 4.78 is 1.05. The van der Waals surface area contributed by atoms with Crippen LogP contribution in [-0.4, -0.2) is 31.7 Å². The van der Waals surface area contributed by atoms with Gasteiger partial charge in [-0.3, -0.25) is 0 Å². The molecule has 0 spiro atoms. The summed E-state index contributed by atoms with van der Waals surface area (Å²) in [5.41, 5.74) is 0. The van der Waals surface area contributed by atoms with E-state index >= 15 is 0 Å². The van der Waals surface area contributed by atoms with Crippen LogP contribution in [-0.2, 0) is 0 Å². The number of rotatable bonds is 3. The maximum atomic E-state index is 3.68. The molecule has 0 aliphatic heterocycles. The van der Waals surface area contributed by atoms with Crippen molar-refractivity contribution >= 4 is 0 Å². The van der Waals surface area contributed by atoms with Crippen LogP contribution in [0.15, 0.2) is 25.8 Å². The molecule has 0 aromatic rings. The first-order valence-electron chi connectivity index (χ1n) is 3.55. The summed E-state index contributed by atoms with van der Waals surface area (Å²) in [6.07, 6.45) is 1.96. The van der Waals surface area contributed by atoms with Crippen LogP contribution in [0, 0.1) is 0 Å². The quantitative estimate of drug-likeness (QED) is 0.386. The highest BCUT2D eigenvalue weighted by Crippen LogP contribution is 1.93. The summed E-state index contributed by atoms with van der Waals surface area (Å²) in [6, 6.07) is 0. The van der Waals surface area contributed by atoms with Crippen molar-refractivity contribution in [3.63, 3.8) is 0 Å². The molecule has 0 bridgehead atoms. The van der Waals surface area contributed by atoms with E-state index in [0.29, 0.717) is 0 Å². The molecule has 11 heavy (non-hydrogen) atoms. The monoisotopic (exact) mass is 177 g/mol. The predicted octanol–water partition coefficient (Wildman–Crippen LogP) is -0.925. The van der Waals surface area contributed by atoms with Gasteiger partial charge >= 0.3 is 0 Å². The summed E-state index contributed by atoms with van der Waals surface area (Å²) in [7, 11) is 4.39. The normalized spacial score (nSPS) is 8.64. The zero-order valence-corrected chi connectivity index (χ0v) is 8.69. The minimum Gasteiger partial charge on any atom is -1.00 e. The average molecular weight is 178 g/mol. The molecule has 0 unspecified atom stereocenters. The molecule has 0 N–H and O–H groups in total. The van der Waals surface area contributed by atoms with Crippen LogP contribution in [0.25, 0.3) is 0 Å². The lowest BCUT2D eigenvalue weighted by Gasteiger charge is -2.26. The molecule has 2 heteroatoms. The van der Waals surface area contributed by atoms with Crippen LogP contribution in [0.4, 0.5) is 0 Å². The van der Waals surface area contributed by atoms with Crippen LogP contribution in [0.5, 0.6) is 0 Å². The maximum absolute atomic E-state index is 3.68. The van der Waals surface area contributed by atoms with E-state index in [1.807, 2.05) is 6.08 Å². The summed E-state index contributed by atoms with van der Waals surface area (Å²) in [6.45, 7) is 14.1. The molecule has 0 atom stereocenters. The Kier molecular flexibility index (Phi) is 15.0. The number of quaternary nitrogens is 1. The number of halogens is 1. The van der Waals surface area contributed by atoms with Gasteiger partial charge in [-0.1, -0.05) is 6.58 Å². The molecule has 0 rings (SSSR count). The minimum atomic E-state index is 0. The molecule has 0 aromatic carbocycles.